The molecule has 0 saturated carbocycles. The number of carboxylic acids is 1. The lowest BCUT2D eigenvalue weighted by atomic mass is 9.91. The zero-order valence-electron chi connectivity index (χ0n) is 11.2. The summed E-state index contributed by atoms with van der Waals surface area (Å²) >= 11 is 1.25. The molecule has 1 N–H and O–H groups in total. The Morgan fingerprint density at radius 2 is 2.17 bits per heavy atom. The van der Waals surface area contributed by atoms with Crippen molar-refractivity contribution < 1.29 is 14.6 Å². The summed E-state index contributed by atoms with van der Waals surface area (Å²) in [5.41, 5.74) is -0.0118. The molecule has 1 aromatic rings. The third-order valence-corrected chi connectivity index (χ3v) is 4.49. The van der Waals surface area contributed by atoms with Gasteiger partial charge in [0, 0.05) is 12.0 Å². The molecule has 5 heteroatoms. The van der Waals surface area contributed by atoms with Crippen molar-refractivity contribution in [2.45, 2.75) is 51.6 Å². The van der Waals surface area contributed by atoms with Crippen LogP contribution in [0.2, 0.25) is 0 Å². The maximum absolute atomic E-state index is 11.3. The fourth-order valence-corrected chi connectivity index (χ4v) is 3.39. The maximum Gasteiger partial charge on any atom is 0.347 e. The van der Waals surface area contributed by atoms with Crippen molar-refractivity contribution in [1.82, 2.24) is 4.98 Å². The topological polar surface area (TPSA) is 59.4 Å². The quantitative estimate of drug-likeness (QED) is 0.896. The highest BCUT2D eigenvalue weighted by molar-refractivity contribution is 7.13. The molecule has 2 rings (SSSR count). The Hall–Kier alpha value is -0.940. The van der Waals surface area contributed by atoms with E-state index in [1.54, 1.807) is 0 Å². The molecule has 2 heterocycles. The molecule has 4 nitrogen and oxygen atoms in total. The molecule has 0 bridgehead atoms. The van der Waals surface area contributed by atoms with Crippen LogP contribution < -0.4 is 0 Å². The highest BCUT2D eigenvalue weighted by Crippen LogP contribution is 2.40. The van der Waals surface area contributed by atoms with E-state index in [1.807, 2.05) is 27.7 Å². The average molecular weight is 269 g/mol. The molecule has 18 heavy (non-hydrogen) atoms. The van der Waals surface area contributed by atoms with Gasteiger partial charge < -0.3 is 9.84 Å². The minimum atomic E-state index is -0.898. The predicted molar refractivity (Wildman–Crippen MR) is 70.3 cm³/mol. The lowest BCUT2D eigenvalue weighted by Gasteiger charge is -2.20. The lowest BCUT2D eigenvalue weighted by Crippen LogP contribution is -2.21. The summed E-state index contributed by atoms with van der Waals surface area (Å²) < 4.78 is 5.74. The van der Waals surface area contributed by atoms with Crippen molar-refractivity contribution >= 4 is 17.3 Å². The van der Waals surface area contributed by atoms with Gasteiger partial charge in [-0.25, -0.2) is 9.78 Å². The molecule has 1 aliphatic rings. The smallest absolute Gasteiger partial charge is 0.347 e. The van der Waals surface area contributed by atoms with Gasteiger partial charge in [-0.3, -0.25) is 0 Å². The molecule has 1 atom stereocenters. The molecule has 0 radical (unpaired) electrons. The van der Waals surface area contributed by atoms with Crippen LogP contribution in [0.3, 0.4) is 0 Å². The first-order chi connectivity index (χ1) is 8.24. The maximum atomic E-state index is 11.3. The van der Waals surface area contributed by atoms with Gasteiger partial charge in [0.2, 0.25) is 0 Å². The van der Waals surface area contributed by atoms with E-state index in [9.17, 15) is 9.90 Å². The van der Waals surface area contributed by atoms with Crippen molar-refractivity contribution in [3.63, 3.8) is 0 Å². The van der Waals surface area contributed by atoms with Gasteiger partial charge >= 0.3 is 5.97 Å². The van der Waals surface area contributed by atoms with E-state index in [0.717, 1.165) is 24.5 Å². The van der Waals surface area contributed by atoms with Crippen molar-refractivity contribution in [3.8, 4) is 0 Å². The molecule has 0 spiro atoms. The van der Waals surface area contributed by atoms with Crippen LogP contribution in [-0.2, 0) is 15.8 Å². The fourth-order valence-electron chi connectivity index (χ4n) is 2.15. The van der Waals surface area contributed by atoms with Gasteiger partial charge in [-0.05, 0) is 19.8 Å². The van der Waals surface area contributed by atoms with Gasteiger partial charge in [0.25, 0.3) is 0 Å². The Kier molecular flexibility index (Phi) is 3.23. The monoisotopic (exact) mass is 269 g/mol. The number of rotatable bonds is 2. The number of carbonyl (C=O) groups is 1. The first-order valence-electron chi connectivity index (χ1n) is 6.13. The van der Waals surface area contributed by atoms with Crippen LogP contribution in [-0.4, -0.2) is 22.7 Å². The molecule has 1 unspecified atom stereocenters. The summed E-state index contributed by atoms with van der Waals surface area (Å²) in [6.45, 7) is 8.67. The van der Waals surface area contributed by atoms with Crippen LogP contribution in [0.4, 0.5) is 0 Å². The van der Waals surface area contributed by atoms with Crippen LogP contribution in [0.5, 0.6) is 0 Å². The Bertz CT molecular complexity index is 467. The number of thiazole rings is 1. The van der Waals surface area contributed by atoms with Gasteiger partial charge in [0.1, 0.15) is 15.5 Å². The SMILES string of the molecule is CC(C)(C)c1nc(C2(C)CCCO2)sc1C(=O)O. The Balaban J connectivity index is 2.49. The third-order valence-electron chi connectivity index (χ3n) is 3.20. The Morgan fingerprint density at radius 1 is 1.50 bits per heavy atom. The van der Waals surface area contributed by atoms with Gasteiger partial charge in [0.15, 0.2) is 0 Å². The van der Waals surface area contributed by atoms with Crippen molar-refractivity contribution in [1.29, 1.82) is 0 Å². The summed E-state index contributed by atoms with van der Waals surface area (Å²) in [4.78, 5) is 16.2. The zero-order valence-corrected chi connectivity index (χ0v) is 12.1. The number of nitrogens with zero attached hydrogens (tertiary/aromatic N) is 1. The summed E-state index contributed by atoms with van der Waals surface area (Å²) in [6.07, 6.45) is 1.91. The molecular weight excluding hydrogens is 250 g/mol. The van der Waals surface area contributed by atoms with Crippen LogP contribution in [0.15, 0.2) is 0 Å². The van der Waals surface area contributed by atoms with E-state index in [-0.39, 0.29) is 5.41 Å². The van der Waals surface area contributed by atoms with E-state index in [0.29, 0.717) is 10.6 Å². The van der Waals surface area contributed by atoms with E-state index in [4.69, 9.17) is 4.74 Å². The first kappa shape index (κ1) is 13.5. The van der Waals surface area contributed by atoms with Crippen molar-refractivity contribution in [2.24, 2.45) is 0 Å². The molecule has 1 aromatic heterocycles. The third kappa shape index (κ3) is 2.29. The predicted octanol–water partition coefficient (Wildman–Crippen LogP) is 3.16. The molecule has 0 amide bonds. The summed E-state index contributed by atoms with van der Waals surface area (Å²) in [7, 11) is 0. The first-order valence-corrected chi connectivity index (χ1v) is 6.95. The number of hydrogen-bond acceptors (Lipinski definition) is 4. The highest BCUT2D eigenvalue weighted by Gasteiger charge is 2.38. The van der Waals surface area contributed by atoms with Crippen LogP contribution >= 0.6 is 11.3 Å². The molecular formula is C13H19NO3S. The van der Waals surface area contributed by atoms with Gasteiger partial charge in [-0.15, -0.1) is 11.3 Å². The number of ether oxygens (including phenoxy) is 1. The van der Waals surface area contributed by atoms with E-state index in [2.05, 4.69) is 4.98 Å². The second-order valence-corrected chi connectivity index (χ2v) is 6.93. The number of hydrogen-bond donors (Lipinski definition) is 1. The van der Waals surface area contributed by atoms with Gasteiger partial charge in [-0.2, -0.15) is 0 Å². The fraction of sp³-hybridized carbons (Fsp3) is 0.692. The lowest BCUT2D eigenvalue weighted by molar-refractivity contribution is 0.0164. The minimum Gasteiger partial charge on any atom is -0.477 e. The summed E-state index contributed by atoms with van der Waals surface area (Å²) in [5.74, 6) is -0.898. The second-order valence-electron chi connectivity index (χ2n) is 5.93. The number of aromatic carboxylic acids is 1. The Morgan fingerprint density at radius 3 is 2.56 bits per heavy atom. The number of aromatic nitrogens is 1. The molecule has 0 aromatic carbocycles. The molecule has 100 valence electrons. The highest BCUT2D eigenvalue weighted by atomic mass is 32.1. The van der Waals surface area contributed by atoms with Crippen LogP contribution in [0.25, 0.3) is 0 Å². The van der Waals surface area contributed by atoms with E-state index >= 15 is 0 Å². The summed E-state index contributed by atoms with van der Waals surface area (Å²) in [6, 6.07) is 0. The van der Waals surface area contributed by atoms with E-state index < -0.39 is 11.6 Å². The zero-order chi connectivity index (χ0) is 13.6. The van der Waals surface area contributed by atoms with Crippen molar-refractivity contribution in [2.75, 3.05) is 6.61 Å². The van der Waals surface area contributed by atoms with Gasteiger partial charge in [-0.1, -0.05) is 20.8 Å². The van der Waals surface area contributed by atoms with Crippen molar-refractivity contribution in [3.05, 3.63) is 15.6 Å². The summed E-state index contributed by atoms with van der Waals surface area (Å²) in [5, 5.41) is 10.1. The van der Waals surface area contributed by atoms with E-state index in [1.165, 1.54) is 11.3 Å². The molecule has 0 aliphatic carbocycles. The van der Waals surface area contributed by atoms with Gasteiger partial charge in [0.05, 0.1) is 5.69 Å². The molecule has 1 fully saturated rings. The molecule has 1 saturated heterocycles. The number of carboxylic acid groups (broad SMARTS) is 1. The Labute approximate surface area is 111 Å². The minimum absolute atomic E-state index is 0.266. The molecule has 1 aliphatic heterocycles. The standard InChI is InChI=1S/C13H19NO3S/c1-12(2,3)9-8(10(15)16)18-11(14-9)13(4)6-5-7-17-13/h5-7H2,1-4H3,(H,15,16). The normalized spacial score (nSPS) is 24.4. The van der Waals surface area contributed by atoms with Crippen LogP contribution in [0.1, 0.15) is 60.9 Å². The second kappa shape index (κ2) is 4.31. The largest absolute Gasteiger partial charge is 0.477 e. The average Bonchev–Trinajstić information content (AvgIpc) is 2.82. The van der Waals surface area contributed by atoms with Crippen LogP contribution in [0, 0.1) is 0 Å².